The van der Waals surface area contributed by atoms with Gasteiger partial charge in [-0.1, -0.05) is 32.9 Å². The minimum Gasteiger partial charge on any atom is -0.755 e. The van der Waals surface area contributed by atoms with Crippen LogP contribution in [0, 0.1) is 0 Å². The van der Waals surface area contributed by atoms with Gasteiger partial charge in [-0.15, -0.1) is 5.10 Å². The molecular weight excluding hydrogens is 302 g/mol. The molecule has 8 heteroatoms. The summed E-state index contributed by atoms with van der Waals surface area (Å²) >= 11 is -2.35. The van der Waals surface area contributed by atoms with Crippen LogP contribution in [-0.2, 0) is 16.7 Å². The van der Waals surface area contributed by atoms with Gasteiger partial charge in [0.15, 0.2) is 11.5 Å². The SMILES string of the molecule is CC(C)(C)c1cc2nc(-c3cccc(NS(=O)[O-])c3)nn2[nH]1. The Morgan fingerprint density at radius 1 is 1.32 bits per heavy atom. The molecule has 0 bridgehead atoms. The highest BCUT2D eigenvalue weighted by molar-refractivity contribution is 7.80. The molecule has 0 aliphatic rings. The normalized spacial score (nSPS) is 13.5. The quantitative estimate of drug-likeness (QED) is 0.723. The third-order valence-corrected chi connectivity index (χ3v) is 3.66. The van der Waals surface area contributed by atoms with Crippen molar-refractivity contribution >= 4 is 22.6 Å². The van der Waals surface area contributed by atoms with E-state index in [2.05, 4.69) is 40.7 Å². The van der Waals surface area contributed by atoms with Crippen LogP contribution in [0.2, 0.25) is 0 Å². The number of hydrogen-bond donors (Lipinski definition) is 2. The van der Waals surface area contributed by atoms with Gasteiger partial charge in [0.2, 0.25) is 0 Å². The van der Waals surface area contributed by atoms with Crippen LogP contribution in [0.25, 0.3) is 17.0 Å². The molecule has 22 heavy (non-hydrogen) atoms. The Balaban J connectivity index is 1.97. The average Bonchev–Trinajstić information content (AvgIpc) is 2.95. The van der Waals surface area contributed by atoms with E-state index >= 15 is 0 Å². The fourth-order valence-corrected chi connectivity index (χ4v) is 2.42. The van der Waals surface area contributed by atoms with Crippen LogP contribution in [-0.4, -0.2) is 28.6 Å². The summed E-state index contributed by atoms with van der Waals surface area (Å²) in [6.45, 7) is 6.33. The molecule has 116 valence electrons. The number of anilines is 1. The van der Waals surface area contributed by atoms with Gasteiger partial charge < -0.3 is 9.27 Å². The second kappa shape index (κ2) is 5.22. The predicted octanol–water partition coefficient (Wildman–Crippen LogP) is 2.23. The third-order valence-electron chi connectivity index (χ3n) is 3.26. The molecule has 1 aromatic carbocycles. The highest BCUT2D eigenvalue weighted by Crippen LogP contribution is 2.24. The Labute approximate surface area is 130 Å². The third kappa shape index (κ3) is 2.88. The zero-order valence-electron chi connectivity index (χ0n) is 12.5. The van der Waals surface area contributed by atoms with Gasteiger partial charge in [-0.3, -0.25) is 9.31 Å². The van der Waals surface area contributed by atoms with Crippen LogP contribution in [0.1, 0.15) is 26.5 Å². The van der Waals surface area contributed by atoms with E-state index in [1.165, 1.54) is 0 Å². The number of fused-ring (bicyclic) bond motifs is 1. The lowest BCUT2D eigenvalue weighted by atomic mass is 9.93. The number of hydrogen-bond acceptors (Lipinski definition) is 4. The van der Waals surface area contributed by atoms with Crippen molar-refractivity contribution in [3.63, 3.8) is 0 Å². The fourth-order valence-electron chi connectivity index (χ4n) is 2.10. The molecule has 0 saturated carbocycles. The lowest BCUT2D eigenvalue weighted by molar-refractivity contribution is 0.542. The summed E-state index contributed by atoms with van der Waals surface area (Å²) in [5.41, 5.74) is 2.98. The zero-order chi connectivity index (χ0) is 15.9. The van der Waals surface area contributed by atoms with Gasteiger partial charge >= 0.3 is 0 Å². The van der Waals surface area contributed by atoms with Crippen molar-refractivity contribution in [2.45, 2.75) is 26.2 Å². The highest BCUT2D eigenvalue weighted by Gasteiger charge is 2.18. The summed E-state index contributed by atoms with van der Waals surface area (Å²) in [4.78, 5) is 4.48. The summed E-state index contributed by atoms with van der Waals surface area (Å²) < 4.78 is 25.3. The lowest BCUT2D eigenvalue weighted by Crippen LogP contribution is -2.12. The van der Waals surface area contributed by atoms with Crippen molar-refractivity contribution in [3.8, 4) is 11.4 Å². The molecule has 0 spiro atoms. The lowest BCUT2D eigenvalue weighted by Gasteiger charge is -2.14. The zero-order valence-corrected chi connectivity index (χ0v) is 13.3. The molecule has 2 aromatic heterocycles. The minimum absolute atomic E-state index is 0.00936. The van der Waals surface area contributed by atoms with E-state index in [9.17, 15) is 8.76 Å². The van der Waals surface area contributed by atoms with Crippen LogP contribution < -0.4 is 4.72 Å². The topological polar surface area (TPSA) is 98.1 Å². The molecule has 3 rings (SSSR count). The molecule has 1 atom stereocenters. The van der Waals surface area contributed by atoms with Crippen LogP contribution >= 0.6 is 0 Å². The van der Waals surface area contributed by atoms with Crippen LogP contribution in [0.3, 0.4) is 0 Å². The Hall–Kier alpha value is -2.19. The number of rotatable bonds is 3. The molecule has 7 nitrogen and oxygen atoms in total. The first-order valence-corrected chi connectivity index (χ1v) is 7.83. The number of aromatic amines is 1. The standard InChI is InChI=1S/C14H17N5O2S/c1-14(2,3)11-8-12-15-13(17-19(12)16-11)9-5-4-6-10(7-9)18-22(20)21/h4-8,16,18H,1-3H3,(H,20,21)/p-1. The van der Waals surface area contributed by atoms with E-state index < -0.39 is 11.3 Å². The molecule has 1 unspecified atom stereocenters. The van der Waals surface area contributed by atoms with Gasteiger partial charge in [0, 0.05) is 39.7 Å². The Kier molecular flexibility index (Phi) is 3.50. The molecule has 0 saturated heterocycles. The predicted molar refractivity (Wildman–Crippen MR) is 84.0 cm³/mol. The minimum atomic E-state index is -2.35. The van der Waals surface area contributed by atoms with Gasteiger partial charge in [-0.05, 0) is 12.1 Å². The first-order chi connectivity index (χ1) is 10.3. The molecular formula is C14H16N5O2S-. The Morgan fingerprint density at radius 2 is 2.09 bits per heavy atom. The summed E-state index contributed by atoms with van der Waals surface area (Å²) in [7, 11) is 0. The number of benzene rings is 1. The van der Waals surface area contributed by atoms with Gasteiger partial charge in [0.25, 0.3) is 0 Å². The molecule has 3 aromatic rings. The summed E-state index contributed by atoms with van der Waals surface area (Å²) in [5.74, 6) is 0.534. The van der Waals surface area contributed by atoms with Crippen LogP contribution in [0.4, 0.5) is 5.69 Å². The monoisotopic (exact) mass is 318 g/mol. The fraction of sp³-hybridized carbons (Fsp3) is 0.286. The van der Waals surface area contributed by atoms with E-state index in [0.29, 0.717) is 11.5 Å². The van der Waals surface area contributed by atoms with Crippen molar-refractivity contribution in [2.75, 3.05) is 4.72 Å². The number of aromatic nitrogens is 4. The van der Waals surface area contributed by atoms with Crippen molar-refractivity contribution in [1.29, 1.82) is 0 Å². The van der Waals surface area contributed by atoms with Gasteiger partial charge in [0.05, 0.1) is 0 Å². The first kappa shape index (κ1) is 14.7. The van der Waals surface area contributed by atoms with Crippen LogP contribution in [0.5, 0.6) is 0 Å². The molecule has 0 radical (unpaired) electrons. The second-order valence-electron chi connectivity index (χ2n) is 6.04. The second-order valence-corrected chi connectivity index (χ2v) is 6.72. The van der Waals surface area contributed by atoms with E-state index in [-0.39, 0.29) is 5.41 Å². The Morgan fingerprint density at radius 3 is 2.73 bits per heavy atom. The Bertz CT molecular complexity index is 815. The van der Waals surface area contributed by atoms with Gasteiger partial charge in [-0.2, -0.15) is 4.63 Å². The van der Waals surface area contributed by atoms with E-state index in [1.807, 2.05) is 12.1 Å². The molecule has 0 amide bonds. The molecule has 0 fully saturated rings. The van der Waals surface area contributed by atoms with E-state index in [1.54, 1.807) is 22.8 Å². The number of H-pyrrole nitrogens is 1. The summed E-state index contributed by atoms with van der Waals surface area (Å²) in [6, 6.07) is 8.90. The maximum atomic E-state index is 10.7. The molecule has 2 N–H and O–H groups in total. The van der Waals surface area contributed by atoms with Crippen LogP contribution in [0.15, 0.2) is 30.3 Å². The van der Waals surface area contributed by atoms with Gasteiger partial charge in [0.1, 0.15) is 0 Å². The number of nitrogens with zero attached hydrogens (tertiary/aromatic N) is 3. The highest BCUT2D eigenvalue weighted by atomic mass is 32.2. The van der Waals surface area contributed by atoms with E-state index in [0.717, 1.165) is 16.9 Å². The van der Waals surface area contributed by atoms with Crippen molar-refractivity contribution in [2.24, 2.45) is 0 Å². The van der Waals surface area contributed by atoms with Crippen molar-refractivity contribution in [3.05, 3.63) is 36.0 Å². The maximum absolute atomic E-state index is 10.7. The van der Waals surface area contributed by atoms with E-state index in [4.69, 9.17) is 0 Å². The summed E-state index contributed by atoms with van der Waals surface area (Å²) in [5, 5.41) is 7.61. The molecule has 0 aliphatic heterocycles. The van der Waals surface area contributed by atoms with Crippen molar-refractivity contribution in [1.82, 2.24) is 19.8 Å². The average molecular weight is 318 g/mol. The largest absolute Gasteiger partial charge is 0.755 e. The summed E-state index contributed by atoms with van der Waals surface area (Å²) in [6.07, 6.45) is 0. The molecule has 0 aliphatic carbocycles. The van der Waals surface area contributed by atoms with Gasteiger partial charge in [-0.25, -0.2) is 4.98 Å². The maximum Gasteiger partial charge on any atom is 0.183 e. The number of nitrogens with one attached hydrogen (secondary N) is 2. The first-order valence-electron chi connectivity index (χ1n) is 6.75. The molecule has 2 heterocycles. The van der Waals surface area contributed by atoms with Crippen molar-refractivity contribution < 1.29 is 8.76 Å². The smallest absolute Gasteiger partial charge is 0.183 e.